The van der Waals surface area contributed by atoms with E-state index in [1.807, 2.05) is 28.1 Å². The van der Waals surface area contributed by atoms with Crippen LogP contribution in [-0.2, 0) is 18.3 Å². The van der Waals surface area contributed by atoms with E-state index < -0.39 is 0 Å². The van der Waals surface area contributed by atoms with E-state index >= 15 is 0 Å². The fraction of sp³-hybridized carbons (Fsp3) is 0.643. The van der Waals surface area contributed by atoms with Gasteiger partial charge in [-0.15, -0.1) is 0 Å². The third-order valence-electron chi connectivity index (χ3n) is 4.27. The minimum atomic E-state index is -0.301. The molecule has 114 valence electrons. The maximum absolute atomic E-state index is 12.6. The van der Waals surface area contributed by atoms with Gasteiger partial charge in [0.05, 0.1) is 5.69 Å². The van der Waals surface area contributed by atoms with Crippen LogP contribution in [0.1, 0.15) is 38.4 Å². The SMILES string of the molecule is CCc1nn(C)c2c1[nH]c(=S)n2C(C)C(=O)N1CCCC1. The highest BCUT2D eigenvalue weighted by Crippen LogP contribution is 2.24. The van der Waals surface area contributed by atoms with Crippen LogP contribution >= 0.6 is 12.2 Å². The molecular weight excluding hydrogens is 286 g/mol. The highest BCUT2D eigenvalue weighted by atomic mass is 32.1. The largest absolute Gasteiger partial charge is 0.341 e. The number of aryl methyl sites for hydroxylation is 2. The summed E-state index contributed by atoms with van der Waals surface area (Å²) >= 11 is 5.44. The molecule has 1 aliphatic rings. The molecule has 1 saturated heterocycles. The lowest BCUT2D eigenvalue weighted by Gasteiger charge is -2.21. The Morgan fingerprint density at radius 3 is 2.71 bits per heavy atom. The van der Waals surface area contributed by atoms with E-state index in [9.17, 15) is 4.79 Å². The number of amides is 1. The second-order valence-electron chi connectivity index (χ2n) is 5.63. The molecule has 21 heavy (non-hydrogen) atoms. The van der Waals surface area contributed by atoms with Crippen molar-refractivity contribution in [3.05, 3.63) is 10.5 Å². The molecule has 1 aliphatic heterocycles. The van der Waals surface area contributed by atoms with Crippen molar-refractivity contribution in [3.63, 3.8) is 0 Å². The number of aromatic amines is 1. The average Bonchev–Trinajstić information content (AvgIpc) is 3.15. The van der Waals surface area contributed by atoms with Gasteiger partial charge in [-0.1, -0.05) is 6.92 Å². The topological polar surface area (TPSA) is 58.9 Å². The highest BCUT2D eigenvalue weighted by Gasteiger charge is 2.27. The van der Waals surface area contributed by atoms with Crippen LogP contribution in [0.2, 0.25) is 0 Å². The summed E-state index contributed by atoms with van der Waals surface area (Å²) in [7, 11) is 1.90. The molecule has 6 nitrogen and oxygen atoms in total. The molecule has 0 bridgehead atoms. The van der Waals surface area contributed by atoms with Crippen molar-refractivity contribution in [2.45, 2.75) is 39.2 Å². The van der Waals surface area contributed by atoms with Crippen molar-refractivity contribution >= 4 is 29.3 Å². The quantitative estimate of drug-likeness (QED) is 0.884. The molecule has 0 radical (unpaired) electrons. The predicted molar refractivity (Wildman–Crippen MR) is 83.8 cm³/mol. The van der Waals surface area contributed by atoms with Gasteiger partial charge >= 0.3 is 0 Å². The van der Waals surface area contributed by atoms with E-state index in [2.05, 4.69) is 17.0 Å². The number of carbonyl (C=O) groups is 1. The molecule has 1 unspecified atom stereocenters. The van der Waals surface area contributed by atoms with Crippen LogP contribution in [-0.4, -0.2) is 43.2 Å². The molecule has 0 aromatic carbocycles. The molecule has 1 amide bonds. The fourth-order valence-corrected chi connectivity index (χ4v) is 3.50. The lowest BCUT2D eigenvalue weighted by Crippen LogP contribution is -2.34. The number of carbonyl (C=O) groups excluding carboxylic acids is 1. The number of rotatable bonds is 3. The Hall–Kier alpha value is -1.63. The lowest BCUT2D eigenvalue weighted by molar-refractivity contribution is -0.133. The highest BCUT2D eigenvalue weighted by molar-refractivity contribution is 7.71. The zero-order valence-corrected chi connectivity index (χ0v) is 13.5. The van der Waals surface area contributed by atoms with Gasteiger partial charge in [0.2, 0.25) is 5.91 Å². The molecule has 0 spiro atoms. The Balaban J connectivity index is 2.07. The lowest BCUT2D eigenvalue weighted by atomic mass is 10.2. The third kappa shape index (κ3) is 2.19. The maximum atomic E-state index is 12.6. The van der Waals surface area contributed by atoms with E-state index in [1.165, 1.54) is 0 Å². The first-order valence-corrected chi connectivity index (χ1v) is 7.90. The van der Waals surface area contributed by atoms with Crippen LogP contribution in [0.3, 0.4) is 0 Å². The molecule has 3 rings (SSSR count). The smallest absolute Gasteiger partial charge is 0.245 e. The molecule has 0 saturated carbocycles. The first-order chi connectivity index (χ1) is 10.0. The van der Waals surface area contributed by atoms with E-state index in [4.69, 9.17) is 12.2 Å². The third-order valence-corrected chi connectivity index (χ3v) is 4.56. The van der Waals surface area contributed by atoms with Crippen LogP contribution < -0.4 is 0 Å². The van der Waals surface area contributed by atoms with E-state index in [0.29, 0.717) is 4.77 Å². The van der Waals surface area contributed by atoms with Crippen molar-refractivity contribution in [2.75, 3.05) is 13.1 Å². The van der Waals surface area contributed by atoms with Gasteiger partial charge in [-0.25, -0.2) is 0 Å². The normalized spacial score (nSPS) is 16.8. The summed E-state index contributed by atoms with van der Waals surface area (Å²) in [6, 6.07) is -0.301. The van der Waals surface area contributed by atoms with Crippen molar-refractivity contribution in [3.8, 4) is 0 Å². The number of nitrogens with one attached hydrogen (secondary N) is 1. The Kier molecular flexibility index (Phi) is 3.61. The van der Waals surface area contributed by atoms with Crippen LogP contribution in [0.5, 0.6) is 0 Å². The number of nitrogens with zero attached hydrogens (tertiary/aromatic N) is 4. The Morgan fingerprint density at radius 1 is 1.43 bits per heavy atom. The Morgan fingerprint density at radius 2 is 2.10 bits per heavy atom. The molecule has 7 heteroatoms. The Bertz CT molecular complexity index is 734. The summed E-state index contributed by atoms with van der Waals surface area (Å²) < 4.78 is 4.30. The summed E-state index contributed by atoms with van der Waals surface area (Å²) in [4.78, 5) is 17.8. The summed E-state index contributed by atoms with van der Waals surface area (Å²) in [5.41, 5.74) is 2.83. The van der Waals surface area contributed by atoms with Gasteiger partial charge in [-0.2, -0.15) is 5.10 Å². The minimum Gasteiger partial charge on any atom is -0.341 e. The van der Waals surface area contributed by atoms with Crippen LogP contribution in [0.4, 0.5) is 0 Å². The first-order valence-electron chi connectivity index (χ1n) is 7.49. The molecule has 1 atom stereocenters. The minimum absolute atomic E-state index is 0.142. The first kappa shape index (κ1) is 14.3. The molecular formula is C14H21N5OS. The second kappa shape index (κ2) is 5.29. The molecule has 3 heterocycles. The second-order valence-corrected chi connectivity index (χ2v) is 6.02. The van der Waals surface area contributed by atoms with Gasteiger partial charge in [0, 0.05) is 20.1 Å². The summed E-state index contributed by atoms with van der Waals surface area (Å²) in [6.45, 7) is 5.70. The van der Waals surface area contributed by atoms with Crippen LogP contribution in [0.25, 0.3) is 11.2 Å². The maximum Gasteiger partial charge on any atom is 0.245 e. The Labute approximate surface area is 128 Å². The molecule has 1 fully saturated rings. The number of imidazole rings is 1. The predicted octanol–water partition coefficient (Wildman–Crippen LogP) is 2.18. The van der Waals surface area contributed by atoms with Gasteiger partial charge in [0.1, 0.15) is 11.6 Å². The zero-order valence-electron chi connectivity index (χ0n) is 12.7. The molecule has 0 aliphatic carbocycles. The number of hydrogen-bond donors (Lipinski definition) is 1. The fourth-order valence-electron chi connectivity index (χ4n) is 3.16. The van der Waals surface area contributed by atoms with E-state index in [0.717, 1.165) is 49.2 Å². The number of likely N-dealkylation sites (tertiary alicyclic amines) is 1. The summed E-state index contributed by atoms with van der Waals surface area (Å²) in [5.74, 6) is 0.142. The zero-order chi connectivity index (χ0) is 15.1. The monoisotopic (exact) mass is 307 g/mol. The number of fused-ring (bicyclic) bond motifs is 1. The standard InChI is InChI=1S/C14H21N5OS/c1-4-10-11-12(17(3)16-10)19(14(21)15-11)9(2)13(20)18-7-5-6-8-18/h9H,4-8H2,1-3H3,(H,15,21). The molecule has 2 aromatic rings. The molecule has 2 aromatic heterocycles. The van der Waals surface area contributed by atoms with E-state index in [-0.39, 0.29) is 11.9 Å². The van der Waals surface area contributed by atoms with Gasteiger partial charge in [-0.3, -0.25) is 14.0 Å². The number of hydrogen-bond acceptors (Lipinski definition) is 3. The van der Waals surface area contributed by atoms with Crippen molar-refractivity contribution < 1.29 is 4.79 Å². The van der Waals surface area contributed by atoms with Gasteiger partial charge in [0.15, 0.2) is 10.4 Å². The van der Waals surface area contributed by atoms with Gasteiger partial charge < -0.3 is 9.88 Å². The van der Waals surface area contributed by atoms with Gasteiger partial charge in [-0.05, 0) is 38.4 Å². The average molecular weight is 307 g/mol. The van der Waals surface area contributed by atoms with Crippen molar-refractivity contribution in [1.82, 2.24) is 24.2 Å². The van der Waals surface area contributed by atoms with Crippen LogP contribution in [0.15, 0.2) is 0 Å². The summed E-state index contributed by atoms with van der Waals surface area (Å²) in [6.07, 6.45) is 3.03. The number of aromatic nitrogens is 4. The van der Waals surface area contributed by atoms with E-state index in [1.54, 1.807) is 0 Å². The van der Waals surface area contributed by atoms with Gasteiger partial charge in [0.25, 0.3) is 0 Å². The van der Waals surface area contributed by atoms with Crippen LogP contribution in [0, 0.1) is 4.77 Å². The number of H-pyrrole nitrogens is 1. The summed E-state index contributed by atoms with van der Waals surface area (Å²) in [5, 5.41) is 4.50. The van der Waals surface area contributed by atoms with Crippen molar-refractivity contribution in [1.29, 1.82) is 0 Å². The molecule has 1 N–H and O–H groups in total. The van der Waals surface area contributed by atoms with Crippen molar-refractivity contribution in [2.24, 2.45) is 7.05 Å².